The Kier molecular flexibility index (Phi) is 4.60. The van der Waals surface area contributed by atoms with Gasteiger partial charge in [0.15, 0.2) is 5.78 Å². The maximum atomic E-state index is 12.2. The van der Waals surface area contributed by atoms with Gasteiger partial charge in [-0.05, 0) is 70.7 Å². The number of halogens is 1. The molecule has 0 saturated heterocycles. The Labute approximate surface area is 162 Å². The summed E-state index contributed by atoms with van der Waals surface area (Å²) in [4.78, 5) is 18.0. The third kappa shape index (κ3) is 4.39. The number of aromatic nitrogens is 1. The molecule has 1 aromatic carbocycles. The Bertz CT molecular complexity index is 864. The predicted molar refractivity (Wildman–Crippen MR) is 107 cm³/mol. The molecule has 0 amide bonds. The Balaban J connectivity index is 1.74. The number of rotatable bonds is 5. The predicted octanol–water partition coefficient (Wildman–Crippen LogP) is 4.73. The molecular formula is C20H26BrN3O. The number of carbonyl (C=O) groups is 1. The van der Waals surface area contributed by atoms with Crippen molar-refractivity contribution in [3.8, 4) is 0 Å². The van der Waals surface area contributed by atoms with Gasteiger partial charge in [0.2, 0.25) is 0 Å². The van der Waals surface area contributed by atoms with Crippen molar-refractivity contribution in [3.63, 3.8) is 0 Å². The molecule has 1 aliphatic rings. The van der Waals surface area contributed by atoms with Gasteiger partial charge >= 0.3 is 0 Å². The maximum absolute atomic E-state index is 12.2. The van der Waals surface area contributed by atoms with Gasteiger partial charge in [0.1, 0.15) is 0 Å². The highest BCUT2D eigenvalue weighted by Crippen LogP contribution is 2.33. The molecule has 1 N–H and O–H groups in total. The van der Waals surface area contributed by atoms with Crippen LogP contribution in [-0.2, 0) is 0 Å². The summed E-state index contributed by atoms with van der Waals surface area (Å²) in [7, 11) is 1.66. The summed E-state index contributed by atoms with van der Waals surface area (Å²) in [5.41, 5.74) is 2.31. The number of pyridine rings is 1. The third-order valence-electron chi connectivity index (χ3n) is 4.94. The molecule has 1 saturated carbocycles. The first kappa shape index (κ1) is 14.7. The molecule has 0 aliphatic heterocycles. The maximum Gasteiger partial charge on any atom is 0.163 e. The van der Waals surface area contributed by atoms with Crippen molar-refractivity contribution in [2.75, 3.05) is 25.9 Å². The van der Waals surface area contributed by atoms with Crippen LogP contribution in [0.4, 0.5) is 5.69 Å². The molecule has 1 aliphatic carbocycles. The van der Waals surface area contributed by atoms with Gasteiger partial charge in [-0.25, -0.2) is 0 Å². The zero-order valence-corrected chi connectivity index (χ0v) is 16.3. The van der Waals surface area contributed by atoms with Crippen LogP contribution in [0.2, 0.25) is 0 Å². The van der Waals surface area contributed by atoms with Crippen molar-refractivity contribution >= 4 is 38.3 Å². The minimum Gasteiger partial charge on any atom is -0.381 e. The summed E-state index contributed by atoms with van der Waals surface area (Å²) in [5, 5.41) is 4.54. The molecule has 0 spiro atoms. The van der Waals surface area contributed by atoms with Crippen LogP contribution >= 0.6 is 15.9 Å². The van der Waals surface area contributed by atoms with Gasteiger partial charge in [-0.1, -0.05) is 15.9 Å². The highest BCUT2D eigenvalue weighted by atomic mass is 79.9. The van der Waals surface area contributed by atoms with Gasteiger partial charge in [-0.2, -0.15) is 0 Å². The summed E-state index contributed by atoms with van der Waals surface area (Å²) < 4.78 is 23.5. The van der Waals surface area contributed by atoms with Crippen LogP contribution in [0.5, 0.6) is 0 Å². The number of anilines is 1. The van der Waals surface area contributed by atoms with Crippen molar-refractivity contribution in [3.05, 3.63) is 34.4 Å². The Morgan fingerprint density at radius 3 is 2.84 bits per heavy atom. The van der Waals surface area contributed by atoms with Crippen LogP contribution in [0.15, 0.2) is 28.9 Å². The minimum atomic E-state index is -2.03. The molecule has 0 unspecified atom stereocenters. The first-order chi connectivity index (χ1) is 13.1. The standard InChI is InChI=1S/C20H26BrN3O/c1-13(25)18-11-22-19-9-6-15(21)10-17(19)20(18)23-16-7-4-14(5-8-16)12-24(2)3/h6,9-11,14,16H,4-5,7-8,12H2,1-3H3,(H,22,23)/t14-,16-/i2D3. The number of hydrogen-bond acceptors (Lipinski definition) is 4. The Morgan fingerprint density at radius 1 is 1.40 bits per heavy atom. The van der Waals surface area contributed by atoms with Gasteiger partial charge in [0.05, 0.1) is 16.8 Å². The number of fused-ring (bicyclic) bond motifs is 1. The van der Waals surface area contributed by atoms with Crippen molar-refractivity contribution in [1.82, 2.24) is 9.88 Å². The summed E-state index contributed by atoms with van der Waals surface area (Å²) >= 11 is 3.51. The third-order valence-corrected chi connectivity index (χ3v) is 5.43. The van der Waals surface area contributed by atoms with Crippen LogP contribution in [0.1, 0.15) is 47.1 Å². The van der Waals surface area contributed by atoms with Gasteiger partial charge in [-0.3, -0.25) is 9.78 Å². The monoisotopic (exact) mass is 406 g/mol. The van der Waals surface area contributed by atoms with Crippen LogP contribution < -0.4 is 5.32 Å². The molecule has 134 valence electrons. The largest absolute Gasteiger partial charge is 0.381 e. The number of hydrogen-bond donors (Lipinski definition) is 1. The van der Waals surface area contributed by atoms with Gasteiger partial charge in [0, 0.05) is 32.8 Å². The van der Waals surface area contributed by atoms with E-state index in [2.05, 4.69) is 26.2 Å². The Morgan fingerprint density at radius 2 is 2.16 bits per heavy atom. The van der Waals surface area contributed by atoms with Crippen LogP contribution in [0, 0.1) is 5.92 Å². The average Bonchev–Trinajstić information content (AvgIpc) is 2.62. The zero-order valence-electron chi connectivity index (χ0n) is 17.7. The lowest BCUT2D eigenvalue weighted by Gasteiger charge is -2.32. The van der Waals surface area contributed by atoms with E-state index >= 15 is 0 Å². The summed E-state index contributed by atoms with van der Waals surface area (Å²) in [5.74, 6) is 0.379. The van der Waals surface area contributed by atoms with Crippen molar-refractivity contribution in [1.29, 1.82) is 0 Å². The molecule has 2 aromatic rings. The lowest BCUT2D eigenvalue weighted by Crippen LogP contribution is -2.31. The highest BCUT2D eigenvalue weighted by molar-refractivity contribution is 9.10. The highest BCUT2D eigenvalue weighted by Gasteiger charge is 2.23. The molecule has 3 rings (SSSR count). The fourth-order valence-corrected chi connectivity index (χ4v) is 4.03. The van der Waals surface area contributed by atoms with E-state index in [4.69, 9.17) is 4.11 Å². The zero-order chi connectivity index (χ0) is 20.5. The van der Waals surface area contributed by atoms with Gasteiger partial charge in [0.25, 0.3) is 0 Å². The molecule has 0 radical (unpaired) electrons. The first-order valence-corrected chi connectivity index (χ1v) is 9.51. The molecule has 4 nitrogen and oxygen atoms in total. The summed E-state index contributed by atoms with van der Waals surface area (Å²) in [6.07, 6.45) is 5.50. The molecule has 0 bridgehead atoms. The van der Waals surface area contributed by atoms with E-state index in [1.807, 2.05) is 18.2 Å². The number of benzene rings is 1. The normalized spacial score (nSPS) is 23.1. The second-order valence-corrected chi connectivity index (χ2v) is 7.92. The number of nitrogens with one attached hydrogen (secondary N) is 1. The molecule has 5 heteroatoms. The van der Waals surface area contributed by atoms with Crippen molar-refractivity contribution in [2.45, 2.75) is 38.6 Å². The second-order valence-electron chi connectivity index (χ2n) is 7.01. The van der Waals surface area contributed by atoms with E-state index in [1.165, 1.54) is 4.90 Å². The number of Topliss-reactive ketones (excluding diaryl/α,β-unsaturated/α-hetero) is 1. The number of ketones is 1. The van der Waals surface area contributed by atoms with E-state index in [1.54, 1.807) is 20.2 Å². The van der Waals surface area contributed by atoms with Crippen LogP contribution in [0.3, 0.4) is 0 Å². The van der Waals surface area contributed by atoms with Gasteiger partial charge in [-0.15, -0.1) is 0 Å². The fraction of sp³-hybridized carbons (Fsp3) is 0.500. The SMILES string of the molecule is [2H]C([2H])([2H])N(C)C[C@H]1CC[C@H](Nc2c(C(C)=O)cnc3ccc(Br)cc23)CC1. The summed E-state index contributed by atoms with van der Waals surface area (Å²) in [6, 6.07) is 6.14. The average molecular weight is 407 g/mol. The fourth-order valence-electron chi connectivity index (χ4n) is 3.67. The quantitative estimate of drug-likeness (QED) is 0.728. The lowest BCUT2D eigenvalue weighted by molar-refractivity contribution is 0.101. The second kappa shape index (κ2) is 7.83. The van der Waals surface area contributed by atoms with E-state index in [0.717, 1.165) is 46.7 Å². The van der Waals surface area contributed by atoms with Crippen LogP contribution in [-0.4, -0.2) is 42.3 Å². The minimum absolute atomic E-state index is 0.00939. The molecule has 1 heterocycles. The van der Waals surface area contributed by atoms with E-state index in [-0.39, 0.29) is 11.8 Å². The molecule has 1 aromatic heterocycles. The number of carbonyl (C=O) groups excluding carboxylic acids is 1. The van der Waals surface area contributed by atoms with Crippen LogP contribution in [0.25, 0.3) is 10.9 Å². The molecule has 1 fully saturated rings. The van der Waals surface area contributed by atoms with Crippen molar-refractivity contribution < 1.29 is 8.91 Å². The smallest absolute Gasteiger partial charge is 0.163 e. The first-order valence-electron chi connectivity index (χ1n) is 10.2. The van der Waals surface area contributed by atoms with E-state index in [9.17, 15) is 4.79 Å². The lowest BCUT2D eigenvalue weighted by atomic mass is 9.85. The van der Waals surface area contributed by atoms with E-state index in [0.29, 0.717) is 18.0 Å². The van der Waals surface area contributed by atoms with E-state index < -0.39 is 6.98 Å². The molecular weight excluding hydrogens is 378 g/mol. The topological polar surface area (TPSA) is 45.2 Å². The Hall–Kier alpha value is -1.46. The molecule has 0 atom stereocenters. The molecule has 25 heavy (non-hydrogen) atoms. The van der Waals surface area contributed by atoms with Crippen molar-refractivity contribution in [2.24, 2.45) is 5.92 Å². The summed E-state index contributed by atoms with van der Waals surface area (Å²) in [6.45, 7) is 0.120. The van der Waals surface area contributed by atoms with Gasteiger partial charge < -0.3 is 10.2 Å². The number of nitrogens with zero attached hydrogens (tertiary/aromatic N) is 2.